The van der Waals surface area contributed by atoms with E-state index in [1.807, 2.05) is 0 Å². The van der Waals surface area contributed by atoms with Gasteiger partial charge >= 0.3 is 0 Å². The summed E-state index contributed by atoms with van der Waals surface area (Å²) < 4.78 is 27.0. The molecule has 0 radical (unpaired) electrons. The van der Waals surface area contributed by atoms with Gasteiger partial charge in [0.15, 0.2) is 0 Å². The Kier molecular flexibility index (Phi) is 4.55. The van der Waals surface area contributed by atoms with Crippen molar-refractivity contribution in [2.24, 2.45) is 0 Å². The average molecular weight is 332 g/mol. The maximum absolute atomic E-state index is 12.3. The summed E-state index contributed by atoms with van der Waals surface area (Å²) in [5, 5.41) is 9.33. The van der Waals surface area contributed by atoms with Crippen molar-refractivity contribution in [2.45, 2.75) is 11.5 Å². The zero-order valence-electron chi connectivity index (χ0n) is 10.2. The molecule has 0 spiro atoms. The van der Waals surface area contributed by atoms with Crippen LogP contribution in [0.5, 0.6) is 0 Å². The molecule has 0 amide bonds. The topological polar surface area (TPSA) is 66.4 Å². The third kappa shape index (κ3) is 3.07. The van der Waals surface area contributed by atoms with E-state index in [2.05, 4.69) is 4.72 Å². The lowest BCUT2D eigenvalue weighted by molar-refractivity contribution is 0.282. The zero-order valence-corrected chi connectivity index (χ0v) is 12.5. The van der Waals surface area contributed by atoms with Gasteiger partial charge in [-0.3, -0.25) is 4.72 Å². The van der Waals surface area contributed by atoms with Crippen LogP contribution in [0.2, 0.25) is 10.0 Å². The van der Waals surface area contributed by atoms with Crippen molar-refractivity contribution in [3.8, 4) is 0 Å². The third-order valence-corrected chi connectivity index (χ3v) is 4.95. The predicted molar refractivity (Wildman–Crippen MR) is 79.6 cm³/mol. The highest BCUT2D eigenvalue weighted by atomic mass is 35.5. The van der Waals surface area contributed by atoms with E-state index in [1.165, 1.54) is 12.1 Å². The summed E-state index contributed by atoms with van der Waals surface area (Å²) in [6, 6.07) is 11.1. The molecule has 0 aromatic heterocycles. The van der Waals surface area contributed by atoms with Crippen molar-refractivity contribution in [2.75, 3.05) is 4.72 Å². The number of rotatable bonds is 4. The average Bonchev–Trinajstić information content (AvgIpc) is 2.39. The quantitative estimate of drug-likeness (QED) is 0.903. The van der Waals surface area contributed by atoms with Crippen LogP contribution in [0.1, 0.15) is 5.56 Å². The van der Waals surface area contributed by atoms with Crippen molar-refractivity contribution in [1.82, 2.24) is 0 Å². The summed E-state index contributed by atoms with van der Waals surface area (Å²) >= 11 is 11.9. The standard InChI is InChI=1S/C13H11Cl2NO3S/c14-11-6-7-12(13(15)10(11)8-17)20(18,19)16-9-4-2-1-3-5-9/h1-7,16-17H,8H2. The van der Waals surface area contributed by atoms with Gasteiger partial charge in [-0.15, -0.1) is 0 Å². The van der Waals surface area contributed by atoms with Crippen molar-refractivity contribution in [3.05, 3.63) is 58.1 Å². The number of para-hydroxylation sites is 1. The second kappa shape index (κ2) is 6.01. The van der Waals surface area contributed by atoms with E-state index >= 15 is 0 Å². The van der Waals surface area contributed by atoms with E-state index in [-0.39, 0.29) is 20.5 Å². The number of anilines is 1. The molecule has 0 saturated carbocycles. The van der Waals surface area contributed by atoms with Crippen LogP contribution in [0.15, 0.2) is 47.4 Å². The van der Waals surface area contributed by atoms with Gasteiger partial charge in [0.25, 0.3) is 10.0 Å². The summed E-state index contributed by atoms with van der Waals surface area (Å²) in [5.74, 6) is 0. The molecule has 0 fully saturated rings. The molecular weight excluding hydrogens is 321 g/mol. The molecule has 4 nitrogen and oxygen atoms in total. The number of nitrogens with one attached hydrogen (secondary N) is 1. The Morgan fingerprint density at radius 3 is 2.30 bits per heavy atom. The van der Waals surface area contributed by atoms with Crippen molar-refractivity contribution < 1.29 is 13.5 Å². The lowest BCUT2D eigenvalue weighted by Crippen LogP contribution is -2.14. The number of aliphatic hydroxyl groups is 1. The predicted octanol–water partition coefficient (Wildman–Crippen LogP) is 3.29. The molecule has 106 valence electrons. The SMILES string of the molecule is O=S(=O)(Nc1ccccc1)c1ccc(Cl)c(CO)c1Cl. The molecule has 0 atom stereocenters. The Morgan fingerprint density at radius 2 is 1.70 bits per heavy atom. The van der Waals surface area contributed by atoms with E-state index in [4.69, 9.17) is 23.2 Å². The van der Waals surface area contributed by atoms with Crippen LogP contribution in [0.25, 0.3) is 0 Å². The minimum Gasteiger partial charge on any atom is -0.392 e. The van der Waals surface area contributed by atoms with Gasteiger partial charge in [-0.1, -0.05) is 41.4 Å². The van der Waals surface area contributed by atoms with E-state index in [9.17, 15) is 13.5 Å². The second-order valence-electron chi connectivity index (χ2n) is 3.97. The van der Waals surface area contributed by atoms with Crippen molar-refractivity contribution in [3.63, 3.8) is 0 Å². The van der Waals surface area contributed by atoms with Gasteiger partial charge in [-0.25, -0.2) is 8.42 Å². The summed E-state index contributed by atoms with van der Waals surface area (Å²) in [4.78, 5) is -0.128. The molecule has 0 saturated heterocycles. The van der Waals surface area contributed by atoms with Crippen LogP contribution in [-0.2, 0) is 16.6 Å². The maximum Gasteiger partial charge on any atom is 0.263 e. The first kappa shape index (κ1) is 15.1. The molecule has 2 N–H and O–H groups in total. The van der Waals surface area contributed by atoms with Crippen LogP contribution in [0.4, 0.5) is 5.69 Å². The molecule has 0 unspecified atom stereocenters. The molecule has 0 aliphatic heterocycles. The number of hydrogen-bond acceptors (Lipinski definition) is 3. The fourth-order valence-corrected chi connectivity index (χ4v) is 3.60. The second-order valence-corrected chi connectivity index (χ2v) is 6.40. The molecule has 0 aliphatic rings. The number of benzene rings is 2. The van der Waals surface area contributed by atoms with Crippen LogP contribution in [-0.4, -0.2) is 13.5 Å². The molecule has 20 heavy (non-hydrogen) atoms. The lowest BCUT2D eigenvalue weighted by atomic mass is 10.2. The van der Waals surface area contributed by atoms with Gasteiger partial charge in [0.05, 0.1) is 11.6 Å². The van der Waals surface area contributed by atoms with Gasteiger partial charge < -0.3 is 5.11 Å². The smallest absolute Gasteiger partial charge is 0.263 e. The van der Waals surface area contributed by atoms with Crippen molar-refractivity contribution in [1.29, 1.82) is 0 Å². The highest BCUT2D eigenvalue weighted by Crippen LogP contribution is 2.31. The Balaban J connectivity index is 2.45. The number of halogens is 2. The fraction of sp³-hybridized carbons (Fsp3) is 0.0769. The van der Waals surface area contributed by atoms with Gasteiger partial charge in [0.1, 0.15) is 4.90 Å². The van der Waals surface area contributed by atoms with Crippen LogP contribution in [0, 0.1) is 0 Å². The van der Waals surface area contributed by atoms with Crippen LogP contribution < -0.4 is 4.72 Å². The molecule has 7 heteroatoms. The molecular formula is C13H11Cl2NO3S. The summed E-state index contributed by atoms with van der Waals surface area (Å²) in [6.07, 6.45) is 0. The Labute approximate surface area is 127 Å². The maximum atomic E-state index is 12.3. The monoisotopic (exact) mass is 331 g/mol. The van der Waals surface area contributed by atoms with E-state index in [0.717, 1.165) is 0 Å². The van der Waals surface area contributed by atoms with Gasteiger partial charge in [-0.2, -0.15) is 0 Å². The highest BCUT2D eigenvalue weighted by molar-refractivity contribution is 7.92. The van der Waals surface area contributed by atoms with E-state index < -0.39 is 16.6 Å². The highest BCUT2D eigenvalue weighted by Gasteiger charge is 2.21. The van der Waals surface area contributed by atoms with Crippen LogP contribution in [0.3, 0.4) is 0 Å². The molecule has 2 rings (SSSR count). The Bertz CT molecular complexity index is 718. The summed E-state index contributed by atoms with van der Waals surface area (Å²) in [6.45, 7) is -0.438. The lowest BCUT2D eigenvalue weighted by Gasteiger charge is -2.12. The van der Waals surface area contributed by atoms with Gasteiger partial charge in [-0.05, 0) is 24.3 Å². The van der Waals surface area contributed by atoms with Gasteiger partial charge in [0, 0.05) is 16.3 Å². The third-order valence-electron chi connectivity index (χ3n) is 2.62. The first-order valence-corrected chi connectivity index (χ1v) is 7.85. The minimum absolute atomic E-state index is 0.0802. The summed E-state index contributed by atoms with van der Waals surface area (Å²) in [7, 11) is -3.85. The molecule has 0 heterocycles. The largest absolute Gasteiger partial charge is 0.392 e. The number of aliphatic hydroxyl groups excluding tert-OH is 1. The molecule has 2 aromatic rings. The van der Waals surface area contributed by atoms with E-state index in [1.54, 1.807) is 30.3 Å². The first-order chi connectivity index (χ1) is 9.45. The molecule has 0 bridgehead atoms. The number of hydrogen-bond donors (Lipinski definition) is 2. The summed E-state index contributed by atoms with van der Waals surface area (Å²) in [5.41, 5.74) is 0.605. The van der Waals surface area contributed by atoms with Crippen LogP contribution >= 0.6 is 23.2 Å². The van der Waals surface area contributed by atoms with Crippen molar-refractivity contribution >= 4 is 38.9 Å². The van der Waals surface area contributed by atoms with E-state index in [0.29, 0.717) is 5.69 Å². The zero-order chi connectivity index (χ0) is 14.8. The minimum atomic E-state index is -3.85. The van der Waals surface area contributed by atoms with Gasteiger partial charge in [0.2, 0.25) is 0 Å². The normalized spacial score (nSPS) is 11.3. The molecule has 2 aromatic carbocycles. The fourth-order valence-electron chi connectivity index (χ4n) is 1.64. The molecule has 0 aliphatic carbocycles. The first-order valence-electron chi connectivity index (χ1n) is 5.61. The Hall–Kier alpha value is -1.27. The Morgan fingerprint density at radius 1 is 1.05 bits per heavy atom. The number of sulfonamides is 1.